The second kappa shape index (κ2) is 9.90. The van der Waals surface area contributed by atoms with Gasteiger partial charge < -0.3 is 9.13 Å². The van der Waals surface area contributed by atoms with Crippen LogP contribution in [0, 0.1) is 0 Å². The molecule has 200 valence electrons. The molecule has 3 heteroatoms. The van der Waals surface area contributed by atoms with Gasteiger partial charge >= 0.3 is 0 Å². The van der Waals surface area contributed by atoms with Crippen molar-refractivity contribution in [2.75, 3.05) is 0 Å². The average Bonchev–Trinajstić information content (AvgIpc) is 3.57. The van der Waals surface area contributed by atoms with Crippen LogP contribution in [0.1, 0.15) is 18.9 Å². The van der Waals surface area contributed by atoms with Crippen molar-refractivity contribution in [1.29, 1.82) is 0 Å². The Kier molecular flexibility index (Phi) is 5.75. The zero-order valence-electron chi connectivity index (χ0n) is 23.4. The van der Waals surface area contributed by atoms with Gasteiger partial charge in [-0.15, -0.1) is 0 Å². The molecule has 5 aromatic carbocycles. The van der Waals surface area contributed by atoms with Crippen molar-refractivity contribution in [1.82, 2.24) is 9.13 Å². The molecule has 3 nitrogen and oxygen atoms in total. The number of hydrogen-bond acceptors (Lipinski definition) is 1. The van der Waals surface area contributed by atoms with E-state index in [0.717, 1.165) is 23.2 Å². The minimum absolute atomic E-state index is 0.916. The first kappa shape index (κ1) is 24.4. The monoisotopic (exact) mass is 539 g/mol. The molecular weight excluding hydrogens is 510 g/mol. The topological polar surface area (TPSA) is 22.2 Å². The molecule has 0 amide bonds. The lowest BCUT2D eigenvalue weighted by atomic mass is 10.1. The lowest BCUT2D eigenvalue weighted by Crippen LogP contribution is -1.97. The van der Waals surface area contributed by atoms with E-state index in [0.29, 0.717) is 0 Å². The van der Waals surface area contributed by atoms with Crippen LogP contribution < -0.4 is 0 Å². The second-order valence-corrected chi connectivity index (χ2v) is 11.0. The van der Waals surface area contributed by atoms with Gasteiger partial charge in [0, 0.05) is 45.3 Å². The summed E-state index contributed by atoms with van der Waals surface area (Å²) in [5.41, 5.74) is 10.6. The van der Waals surface area contributed by atoms with Gasteiger partial charge in [0.2, 0.25) is 0 Å². The van der Waals surface area contributed by atoms with Crippen molar-refractivity contribution in [2.45, 2.75) is 13.3 Å². The van der Waals surface area contributed by atoms with Gasteiger partial charge in [0.1, 0.15) is 0 Å². The standard InChI is InChI=1S/C39H29N3/c1-27-11-2-3-12-29(26-40-25-27)28-13-10-14-30(23-28)41-38-20-9-6-17-34(38)35-24-31(21-22-39(35)41)42-36-18-7-4-15-32(36)33-16-5-8-19-37(33)42/h2-10,12-26H,11H2,1H3/b3-2-,27-25-,29-12+,40-26+. The van der Waals surface area contributed by atoms with Crippen molar-refractivity contribution >= 4 is 55.4 Å². The molecule has 0 aliphatic carbocycles. The Morgan fingerprint density at radius 3 is 1.86 bits per heavy atom. The summed E-state index contributed by atoms with van der Waals surface area (Å²) in [6.07, 6.45) is 11.3. The molecule has 0 N–H and O–H groups in total. The van der Waals surface area contributed by atoms with Crippen LogP contribution in [0.5, 0.6) is 0 Å². The fraction of sp³-hybridized carbons (Fsp3) is 0.0513. The Bertz CT molecular complexity index is 2230. The maximum atomic E-state index is 4.59. The molecule has 7 aromatic rings. The Balaban J connectivity index is 1.33. The van der Waals surface area contributed by atoms with E-state index in [1.807, 2.05) is 12.4 Å². The highest BCUT2D eigenvalue weighted by molar-refractivity contribution is 6.13. The van der Waals surface area contributed by atoms with E-state index in [-0.39, 0.29) is 0 Å². The molecule has 8 rings (SSSR count). The van der Waals surface area contributed by atoms with Gasteiger partial charge in [-0.05, 0) is 73.0 Å². The molecule has 0 saturated heterocycles. The van der Waals surface area contributed by atoms with Crippen molar-refractivity contribution in [3.8, 4) is 11.4 Å². The number of hydrogen-bond donors (Lipinski definition) is 0. The molecule has 0 saturated carbocycles. The summed E-state index contributed by atoms with van der Waals surface area (Å²) < 4.78 is 4.78. The highest BCUT2D eigenvalue weighted by atomic mass is 15.0. The van der Waals surface area contributed by atoms with E-state index in [1.165, 1.54) is 54.9 Å². The van der Waals surface area contributed by atoms with Gasteiger partial charge in [-0.2, -0.15) is 0 Å². The molecule has 0 fully saturated rings. The van der Waals surface area contributed by atoms with Crippen LogP contribution in [-0.4, -0.2) is 15.3 Å². The number of para-hydroxylation sites is 3. The van der Waals surface area contributed by atoms with Crippen molar-refractivity contribution < 1.29 is 0 Å². The molecule has 0 unspecified atom stereocenters. The molecule has 1 aliphatic rings. The van der Waals surface area contributed by atoms with Gasteiger partial charge in [0.15, 0.2) is 0 Å². The van der Waals surface area contributed by atoms with E-state index in [4.69, 9.17) is 0 Å². The Morgan fingerprint density at radius 2 is 1.17 bits per heavy atom. The van der Waals surface area contributed by atoms with Gasteiger partial charge in [-0.3, -0.25) is 4.99 Å². The number of benzene rings is 5. The maximum Gasteiger partial charge on any atom is 0.0542 e. The van der Waals surface area contributed by atoms with E-state index in [9.17, 15) is 0 Å². The summed E-state index contributed by atoms with van der Waals surface area (Å²) in [4.78, 5) is 4.59. The molecule has 0 spiro atoms. The lowest BCUT2D eigenvalue weighted by molar-refractivity contribution is 1.16. The number of aromatic nitrogens is 2. The van der Waals surface area contributed by atoms with Gasteiger partial charge in [-0.25, -0.2) is 0 Å². The molecule has 42 heavy (non-hydrogen) atoms. The molecule has 0 radical (unpaired) electrons. The maximum absolute atomic E-state index is 4.59. The normalized spacial score (nSPS) is 17.8. The Labute approximate surface area is 244 Å². The summed E-state index contributed by atoms with van der Waals surface area (Å²) >= 11 is 0. The highest BCUT2D eigenvalue weighted by Gasteiger charge is 2.16. The van der Waals surface area contributed by atoms with Gasteiger partial charge in [-0.1, -0.05) is 90.5 Å². The first-order valence-electron chi connectivity index (χ1n) is 14.4. The third kappa shape index (κ3) is 3.93. The van der Waals surface area contributed by atoms with Crippen molar-refractivity contribution in [3.63, 3.8) is 0 Å². The molecule has 0 atom stereocenters. The van der Waals surface area contributed by atoms with Crippen molar-refractivity contribution in [2.24, 2.45) is 4.99 Å². The third-order valence-electron chi connectivity index (χ3n) is 8.29. The summed E-state index contributed by atoms with van der Waals surface area (Å²) in [6.45, 7) is 2.11. The van der Waals surface area contributed by atoms with E-state index in [1.54, 1.807) is 0 Å². The minimum Gasteiger partial charge on any atom is -0.309 e. The second-order valence-electron chi connectivity index (χ2n) is 11.0. The van der Waals surface area contributed by atoms with E-state index in [2.05, 4.69) is 155 Å². The zero-order chi connectivity index (χ0) is 28.0. The molecule has 2 aromatic heterocycles. The number of aliphatic imine (C=N–C) groups is 1. The van der Waals surface area contributed by atoms with Crippen LogP contribution >= 0.6 is 0 Å². The first-order valence-corrected chi connectivity index (χ1v) is 14.4. The predicted molar refractivity (Wildman–Crippen MR) is 179 cm³/mol. The molecular formula is C39H29N3. The van der Waals surface area contributed by atoms with E-state index >= 15 is 0 Å². The zero-order valence-corrected chi connectivity index (χ0v) is 23.4. The van der Waals surface area contributed by atoms with Crippen LogP contribution in [-0.2, 0) is 0 Å². The fourth-order valence-corrected chi connectivity index (χ4v) is 6.34. The lowest BCUT2D eigenvalue weighted by Gasteiger charge is -2.12. The van der Waals surface area contributed by atoms with Crippen LogP contribution in [0.4, 0.5) is 0 Å². The van der Waals surface area contributed by atoms with Crippen LogP contribution in [0.2, 0.25) is 0 Å². The highest BCUT2D eigenvalue weighted by Crippen LogP contribution is 2.37. The number of fused-ring (bicyclic) bond motifs is 6. The molecule has 1 aliphatic heterocycles. The Morgan fingerprint density at radius 1 is 0.571 bits per heavy atom. The summed E-state index contributed by atoms with van der Waals surface area (Å²) in [5, 5.41) is 5.03. The molecule has 0 bridgehead atoms. The first-order chi connectivity index (χ1) is 20.8. The van der Waals surface area contributed by atoms with Gasteiger partial charge in [0.05, 0.1) is 22.1 Å². The number of allylic oxidation sites excluding steroid dienone is 5. The summed E-state index contributed by atoms with van der Waals surface area (Å²) in [7, 11) is 0. The van der Waals surface area contributed by atoms with Crippen LogP contribution in [0.15, 0.2) is 150 Å². The largest absolute Gasteiger partial charge is 0.309 e. The minimum atomic E-state index is 0.916. The fourth-order valence-electron chi connectivity index (χ4n) is 6.34. The predicted octanol–water partition coefficient (Wildman–Crippen LogP) is 10.2. The number of nitrogens with zero attached hydrogens (tertiary/aromatic N) is 3. The summed E-state index contributed by atoms with van der Waals surface area (Å²) in [6, 6.07) is 41.8. The smallest absolute Gasteiger partial charge is 0.0542 e. The Hall–Kier alpha value is -5.41. The summed E-state index contributed by atoms with van der Waals surface area (Å²) in [5.74, 6) is 0. The quantitative estimate of drug-likeness (QED) is 0.213. The van der Waals surface area contributed by atoms with Gasteiger partial charge in [0.25, 0.3) is 0 Å². The third-order valence-corrected chi connectivity index (χ3v) is 8.29. The van der Waals surface area contributed by atoms with Crippen molar-refractivity contribution in [3.05, 3.63) is 151 Å². The SMILES string of the molecule is C/C1=C/N=C/C(c2cccc(-n3c4ccccc4c4cc(-n5c6ccccc6c6ccccc65)ccc43)c2)=C\C=C/C1. The molecule has 3 heterocycles. The van der Waals surface area contributed by atoms with E-state index < -0.39 is 0 Å². The average molecular weight is 540 g/mol. The number of rotatable bonds is 3. The van der Waals surface area contributed by atoms with Crippen LogP contribution in [0.25, 0.3) is 60.6 Å². The van der Waals surface area contributed by atoms with Crippen LogP contribution in [0.3, 0.4) is 0 Å².